The van der Waals surface area contributed by atoms with Crippen LogP contribution in [0.15, 0.2) is 16.6 Å². The fourth-order valence-electron chi connectivity index (χ4n) is 1.98. The van der Waals surface area contributed by atoms with E-state index < -0.39 is 28.0 Å². The molecule has 0 heterocycles. The maximum absolute atomic E-state index is 13.5. The Bertz CT molecular complexity index is 481. The van der Waals surface area contributed by atoms with Gasteiger partial charge in [0.1, 0.15) is 10.2 Å². The molecule has 1 aliphatic carbocycles. The normalized spacial score (nSPS) is 25.7. The number of alkyl halides is 2. The maximum Gasteiger partial charge on any atom is 0.310 e. The molecular weight excluding hydrogens is 334 g/mol. The first-order valence-corrected chi connectivity index (χ1v) is 6.38. The molecule has 1 fully saturated rings. The summed E-state index contributed by atoms with van der Waals surface area (Å²) in [7, 11) is 0. The second-order valence-corrected chi connectivity index (χ2v) is 6.34. The third-order valence-electron chi connectivity index (χ3n) is 2.91. The van der Waals surface area contributed by atoms with Crippen LogP contribution in [0.1, 0.15) is 17.0 Å². The molecule has 0 aromatic heterocycles. The van der Waals surface area contributed by atoms with E-state index in [-0.39, 0.29) is 0 Å². The van der Waals surface area contributed by atoms with Gasteiger partial charge >= 0.3 is 5.97 Å². The summed E-state index contributed by atoms with van der Waals surface area (Å²) in [5.41, 5.74) is 1.20. The van der Waals surface area contributed by atoms with E-state index in [1.165, 1.54) is 6.07 Å². The monoisotopic (exact) mass is 340 g/mol. The summed E-state index contributed by atoms with van der Waals surface area (Å²) in [6, 6.07) is 2.96. The predicted molar refractivity (Wildman–Crippen MR) is 67.1 cm³/mol. The van der Waals surface area contributed by atoms with Gasteiger partial charge in [0.05, 0.1) is 10.4 Å². The highest BCUT2D eigenvalue weighted by Gasteiger charge is 2.68. The van der Waals surface area contributed by atoms with Crippen molar-refractivity contribution in [2.45, 2.75) is 17.2 Å². The summed E-state index contributed by atoms with van der Waals surface area (Å²) in [4.78, 5) is 10.9. The molecule has 0 bridgehead atoms. The zero-order chi connectivity index (χ0) is 13.0. The number of benzene rings is 1. The number of halogens is 4. The van der Waals surface area contributed by atoms with Crippen LogP contribution in [-0.4, -0.2) is 15.4 Å². The SMILES string of the molecule is Cc1cc(C2C(C(=O)O)C2(Cl)Cl)cc(F)c1Br. The topological polar surface area (TPSA) is 37.3 Å². The molecule has 0 saturated heterocycles. The second-order valence-electron chi connectivity index (χ2n) is 4.10. The molecule has 1 aromatic rings. The Kier molecular flexibility index (Phi) is 3.17. The Labute approximate surface area is 116 Å². The molecule has 0 amide bonds. The Morgan fingerprint density at radius 1 is 1.53 bits per heavy atom. The van der Waals surface area contributed by atoms with Gasteiger partial charge in [-0.25, -0.2) is 4.39 Å². The van der Waals surface area contributed by atoms with Crippen LogP contribution in [0.2, 0.25) is 0 Å². The zero-order valence-electron chi connectivity index (χ0n) is 8.68. The number of hydrogen-bond donors (Lipinski definition) is 1. The van der Waals surface area contributed by atoms with E-state index in [0.29, 0.717) is 15.6 Å². The molecule has 2 unspecified atom stereocenters. The van der Waals surface area contributed by atoms with Crippen LogP contribution in [0.4, 0.5) is 4.39 Å². The number of carbonyl (C=O) groups is 1. The van der Waals surface area contributed by atoms with Crippen LogP contribution in [0, 0.1) is 18.7 Å². The van der Waals surface area contributed by atoms with E-state index in [1.54, 1.807) is 13.0 Å². The van der Waals surface area contributed by atoms with Crippen molar-refractivity contribution in [1.29, 1.82) is 0 Å². The molecule has 2 atom stereocenters. The van der Waals surface area contributed by atoms with E-state index in [4.69, 9.17) is 28.3 Å². The van der Waals surface area contributed by atoms with Gasteiger partial charge in [-0.3, -0.25) is 4.79 Å². The number of rotatable bonds is 2. The second kappa shape index (κ2) is 4.11. The largest absolute Gasteiger partial charge is 0.481 e. The lowest BCUT2D eigenvalue weighted by atomic mass is 10.1. The molecule has 1 N–H and O–H groups in total. The summed E-state index contributed by atoms with van der Waals surface area (Å²) >= 11 is 14.9. The highest BCUT2D eigenvalue weighted by Crippen LogP contribution is 2.65. The molecule has 92 valence electrons. The molecule has 0 spiro atoms. The fraction of sp³-hybridized carbons (Fsp3) is 0.364. The van der Waals surface area contributed by atoms with Crippen LogP contribution >= 0.6 is 39.1 Å². The van der Waals surface area contributed by atoms with Crippen molar-refractivity contribution in [2.75, 3.05) is 0 Å². The number of hydrogen-bond acceptors (Lipinski definition) is 1. The van der Waals surface area contributed by atoms with Crippen molar-refractivity contribution in [3.63, 3.8) is 0 Å². The summed E-state index contributed by atoms with van der Waals surface area (Å²) in [5.74, 6) is -2.96. The van der Waals surface area contributed by atoms with Crippen molar-refractivity contribution in [3.05, 3.63) is 33.5 Å². The number of carboxylic acid groups (broad SMARTS) is 1. The Hall–Kier alpha value is -0.320. The van der Waals surface area contributed by atoms with Gasteiger partial charge in [-0.05, 0) is 40.0 Å². The lowest BCUT2D eigenvalue weighted by molar-refractivity contribution is -0.138. The molecule has 1 aliphatic rings. The third kappa shape index (κ3) is 2.07. The summed E-state index contributed by atoms with van der Waals surface area (Å²) in [5, 5.41) is 8.94. The van der Waals surface area contributed by atoms with Crippen LogP contribution in [0.5, 0.6) is 0 Å². The van der Waals surface area contributed by atoms with Crippen molar-refractivity contribution >= 4 is 45.1 Å². The predicted octanol–water partition coefficient (Wildman–Crippen LogP) is 3.87. The molecule has 2 nitrogen and oxygen atoms in total. The van der Waals surface area contributed by atoms with E-state index in [2.05, 4.69) is 15.9 Å². The Balaban J connectivity index is 2.41. The van der Waals surface area contributed by atoms with Crippen molar-refractivity contribution < 1.29 is 14.3 Å². The van der Waals surface area contributed by atoms with Gasteiger partial charge in [0, 0.05) is 5.92 Å². The molecule has 6 heteroatoms. The first-order valence-electron chi connectivity index (χ1n) is 4.83. The Morgan fingerprint density at radius 3 is 2.53 bits per heavy atom. The average Bonchev–Trinajstić information content (AvgIpc) is 2.77. The van der Waals surface area contributed by atoms with E-state index in [0.717, 1.165) is 0 Å². The van der Waals surface area contributed by atoms with Crippen molar-refractivity contribution in [2.24, 2.45) is 5.92 Å². The van der Waals surface area contributed by atoms with E-state index in [9.17, 15) is 9.18 Å². The maximum atomic E-state index is 13.5. The van der Waals surface area contributed by atoms with Gasteiger partial charge < -0.3 is 5.11 Å². The zero-order valence-corrected chi connectivity index (χ0v) is 11.8. The van der Waals surface area contributed by atoms with Crippen LogP contribution < -0.4 is 0 Å². The average molecular weight is 342 g/mol. The minimum absolute atomic E-state index is 0.364. The molecule has 0 radical (unpaired) electrons. The minimum Gasteiger partial charge on any atom is -0.481 e. The molecule has 0 aliphatic heterocycles. The summed E-state index contributed by atoms with van der Waals surface area (Å²) in [6.07, 6.45) is 0. The number of aryl methyl sites for hydroxylation is 1. The first-order chi connectivity index (χ1) is 7.76. The van der Waals surface area contributed by atoms with Gasteiger partial charge in [0.25, 0.3) is 0 Å². The highest BCUT2D eigenvalue weighted by molar-refractivity contribution is 9.10. The molecule has 1 aromatic carbocycles. The number of aliphatic carboxylic acids is 1. The van der Waals surface area contributed by atoms with Crippen LogP contribution in [0.25, 0.3) is 0 Å². The molecule has 17 heavy (non-hydrogen) atoms. The highest BCUT2D eigenvalue weighted by atomic mass is 79.9. The lowest BCUT2D eigenvalue weighted by Gasteiger charge is -2.05. The van der Waals surface area contributed by atoms with Gasteiger partial charge in [-0.15, -0.1) is 0 Å². The first kappa shape index (κ1) is 13.1. The van der Waals surface area contributed by atoms with Crippen LogP contribution in [-0.2, 0) is 4.79 Å². The molecule has 1 saturated carbocycles. The molecular formula is C11H8BrCl2FO2. The minimum atomic E-state index is -1.35. The van der Waals surface area contributed by atoms with Crippen LogP contribution in [0.3, 0.4) is 0 Å². The number of carboxylic acids is 1. The molecule has 2 rings (SSSR count). The van der Waals surface area contributed by atoms with Crippen molar-refractivity contribution in [1.82, 2.24) is 0 Å². The lowest BCUT2D eigenvalue weighted by Crippen LogP contribution is -2.03. The van der Waals surface area contributed by atoms with Gasteiger partial charge in [-0.2, -0.15) is 0 Å². The fourth-order valence-corrected chi connectivity index (χ4v) is 3.03. The van der Waals surface area contributed by atoms with E-state index in [1.807, 2.05) is 0 Å². The summed E-state index contributed by atoms with van der Waals surface area (Å²) < 4.78 is 12.5. The van der Waals surface area contributed by atoms with E-state index >= 15 is 0 Å². The van der Waals surface area contributed by atoms with Gasteiger partial charge in [-0.1, -0.05) is 29.3 Å². The Morgan fingerprint density at radius 2 is 2.12 bits per heavy atom. The van der Waals surface area contributed by atoms with Gasteiger partial charge in [0.15, 0.2) is 0 Å². The standard InChI is InChI=1S/C11H8BrCl2FO2/c1-4-2-5(3-6(15)9(4)12)7-8(10(16)17)11(7,13)14/h2-3,7-8H,1H3,(H,16,17). The smallest absolute Gasteiger partial charge is 0.310 e. The third-order valence-corrected chi connectivity index (χ3v) is 4.86. The van der Waals surface area contributed by atoms with Gasteiger partial charge in [0.2, 0.25) is 0 Å². The van der Waals surface area contributed by atoms with Crippen molar-refractivity contribution in [3.8, 4) is 0 Å². The quantitative estimate of drug-likeness (QED) is 0.829. The summed E-state index contributed by atoms with van der Waals surface area (Å²) in [6.45, 7) is 1.72.